The Morgan fingerprint density at radius 3 is 2.76 bits per heavy atom. The molecule has 1 aromatic rings. The Bertz CT molecular complexity index is 662. The van der Waals surface area contributed by atoms with Crippen LogP contribution in [0.15, 0.2) is 23.1 Å². The van der Waals surface area contributed by atoms with Gasteiger partial charge in [0.05, 0.1) is 16.5 Å². The van der Waals surface area contributed by atoms with Crippen LogP contribution in [0.4, 0.5) is 0 Å². The fraction of sp³-hybridized carbons (Fsp3) is 0.533. The highest BCUT2D eigenvalue weighted by atomic mass is 32.2. The highest BCUT2D eigenvalue weighted by molar-refractivity contribution is 7.89. The first-order valence-electron chi connectivity index (χ1n) is 7.12. The number of nitriles is 1. The average Bonchev–Trinajstić information content (AvgIpc) is 2.46. The van der Waals surface area contributed by atoms with Crippen LogP contribution in [0.2, 0.25) is 0 Å². The molecule has 1 aliphatic rings. The number of nitrogens with two attached hydrogens (primary N) is 1. The number of sulfonamides is 1. The molecule has 0 radical (unpaired) electrons. The fourth-order valence-electron chi connectivity index (χ4n) is 2.77. The van der Waals surface area contributed by atoms with Crippen molar-refractivity contribution in [1.29, 1.82) is 5.26 Å². The minimum absolute atomic E-state index is 0.00920. The molecule has 0 amide bonds. The summed E-state index contributed by atoms with van der Waals surface area (Å²) in [6, 6.07) is 6.70. The summed E-state index contributed by atoms with van der Waals surface area (Å²) in [5.74, 6) is 0.201. The molecular weight excluding hydrogens is 286 g/mol. The maximum Gasteiger partial charge on any atom is 0.243 e. The monoisotopic (exact) mass is 307 g/mol. The smallest absolute Gasteiger partial charge is 0.243 e. The molecule has 0 spiro atoms. The summed E-state index contributed by atoms with van der Waals surface area (Å²) in [6.07, 6.45) is 1.80. The molecule has 1 aromatic carbocycles. The number of benzene rings is 1. The zero-order valence-electron chi connectivity index (χ0n) is 12.4. The minimum atomic E-state index is -3.52. The normalized spacial score (nSPS) is 21.7. The molecule has 21 heavy (non-hydrogen) atoms. The molecule has 0 unspecified atom stereocenters. The Labute approximate surface area is 126 Å². The second kappa shape index (κ2) is 6.14. The molecule has 0 aromatic heterocycles. The first-order chi connectivity index (χ1) is 9.86. The molecule has 6 heteroatoms. The van der Waals surface area contributed by atoms with Crippen molar-refractivity contribution in [3.63, 3.8) is 0 Å². The van der Waals surface area contributed by atoms with Gasteiger partial charge in [-0.15, -0.1) is 0 Å². The molecule has 2 rings (SSSR count). The quantitative estimate of drug-likeness (QED) is 0.919. The zero-order valence-corrected chi connectivity index (χ0v) is 13.2. The van der Waals surface area contributed by atoms with Crippen LogP contribution in [0.3, 0.4) is 0 Å². The zero-order chi connectivity index (χ0) is 15.6. The summed E-state index contributed by atoms with van der Waals surface area (Å²) in [5.41, 5.74) is 7.00. The molecule has 5 nitrogen and oxygen atoms in total. The van der Waals surface area contributed by atoms with Gasteiger partial charge in [0.2, 0.25) is 10.0 Å². The second-order valence-corrected chi connectivity index (χ2v) is 7.62. The second-order valence-electron chi connectivity index (χ2n) is 5.72. The van der Waals surface area contributed by atoms with Crippen LogP contribution in [0.1, 0.15) is 30.9 Å². The lowest BCUT2D eigenvalue weighted by molar-refractivity contribution is 0.243. The predicted molar refractivity (Wildman–Crippen MR) is 81.0 cm³/mol. The largest absolute Gasteiger partial charge is 0.328 e. The molecule has 114 valence electrons. The Kier molecular flexibility index (Phi) is 4.67. The lowest BCUT2D eigenvalue weighted by Crippen LogP contribution is -2.45. The van der Waals surface area contributed by atoms with E-state index in [0.717, 1.165) is 12.8 Å². The molecule has 1 saturated heterocycles. The van der Waals surface area contributed by atoms with E-state index in [1.165, 1.54) is 10.4 Å². The van der Waals surface area contributed by atoms with Gasteiger partial charge in [-0.3, -0.25) is 0 Å². The lowest BCUT2D eigenvalue weighted by atomic mass is 9.93. The van der Waals surface area contributed by atoms with Crippen LogP contribution in [-0.4, -0.2) is 31.9 Å². The van der Waals surface area contributed by atoms with E-state index >= 15 is 0 Å². The number of rotatable bonds is 3. The van der Waals surface area contributed by atoms with E-state index in [0.29, 0.717) is 24.2 Å². The van der Waals surface area contributed by atoms with E-state index < -0.39 is 10.0 Å². The maximum atomic E-state index is 12.8. The van der Waals surface area contributed by atoms with Gasteiger partial charge in [-0.05, 0) is 56.4 Å². The number of nitrogens with zero attached hydrogens (tertiary/aromatic N) is 2. The predicted octanol–water partition coefficient (Wildman–Crippen LogP) is 1.61. The topological polar surface area (TPSA) is 87.2 Å². The summed E-state index contributed by atoms with van der Waals surface area (Å²) in [5, 5.41) is 8.88. The molecule has 1 fully saturated rings. The van der Waals surface area contributed by atoms with Crippen LogP contribution < -0.4 is 5.73 Å². The highest BCUT2D eigenvalue weighted by Crippen LogP contribution is 2.27. The van der Waals surface area contributed by atoms with E-state index in [-0.39, 0.29) is 16.9 Å². The summed E-state index contributed by atoms with van der Waals surface area (Å²) in [7, 11) is -3.52. The third-order valence-electron chi connectivity index (χ3n) is 4.09. The van der Waals surface area contributed by atoms with E-state index in [4.69, 9.17) is 11.0 Å². The van der Waals surface area contributed by atoms with Crippen LogP contribution in [0, 0.1) is 24.2 Å². The van der Waals surface area contributed by atoms with Gasteiger partial charge in [-0.25, -0.2) is 8.42 Å². The van der Waals surface area contributed by atoms with Gasteiger partial charge >= 0.3 is 0 Å². The van der Waals surface area contributed by atoms with E-state index in [9.17, 15) is 8.42 Å². The van der Waals surface area contributed by atoms with Gasteiger partial charge in [0.25, 0.3) is 0 Å². The van der Waals surface area contributed by atoms with Crippen LogP contribution >= 0.6 is 0 Å². The van der Waals surface area contributed by atoms with Crippen molar-refractivity contribution in [1.82, 2.24) is 4.31 Å². The Balaban J connectivity index is 2.32. The SMILES string of the molecule is Cc1cc(C#N)ccc1S(=O)(=O)N1CCC[C@H]([C@H](C)N)C1. The highest BCUT2D eigenvalue weighted by Gasteiger charge is 2.32. The van der Waals surface area contributed by atoms with Gasteiger partial charge < -0.3 is 5.73 Å². The third kappa shape index (κ3) is 3.26. The van der Waals surface area contributed by atoms with Crippen molar-refractivity contribution in [3.05, 3.63) is 29.3 Å². The summed E-state index contributed by atoms with van der Waals surface area (Å²) >= 11 is 0. The number of aryl methyl sites for hydroxylation is 1. The number of hydrogen-bond donors (Lipinski definition) is 1. The molecule has 0 bridgehead atoms. The van der Waals surface area contributed by atoms with E-state index in [1.807, 2.05) is 13.0 Å². The van der Waals surface area contributed by atoms with Crippen molar-refractivity contribution in [2.24, 2.45) is 11.7 Å². The molecule has 1 aliphatic heterocycles. The van der Waals surface area contributed by atoms with Gasteiger partial charge in [0.15, 0.2) is 0 Å². The lowest BCUT2D eigenvalue weighted by Gasteiger charge is -2.34. The first-order valence-corrected chi connectivity index (χ1v) is 8.56. The van der Waals surface area contributed by atoms with Gasteiger partial charge in [-0.1, -0.05) is 0 Å². The molecule has 1 heterocycles. The summed E-state index contributed by atoms with van der Waals surface area (Å²) in [4.78, 5) is 0.284. The average molecular weight is 307 g/mol. The van der Waals surface area contributed by atoms with E-state index in [1.54, 1.807) is 19.1 Å². The molecular formula is C15H21N3O2S. The fourth-order valence-corrected chi connectivity index (χ4v) is 4.51. The molecule has 0 saturated carbocycles. The summed E-state index contributed by atoms with van der Waals surface area (Å²) < 4.78 is 27.1. The van der Waals surface area contributed by atoms with Crippen LogP contribution in [0.5, 0.6) is 0 Å². The van der Waals surface area contributed by atoms with Crippen molar-refractivity contribution in [2.75, 3.05) is 13.1 Å². The number of piperidine rings is 1. The molecule has 2 atom stereocenters. The summed E-state index contributed by atoms with van der Waals surface area (Å²) in [6.45, 7) is 4.65. The Hall–Kier alpha value is -1.42. The Morgan fingerprint density at radius 2 is 2.19 bits per heavy atom. The van der Waals surface area contributed by atoms with Crippen LogP contribution in [-0.2, 0) is 10.0 Å². The van der Waals surface area contributed by atoms with Gasteiger partial charge in [0.1, 0.15) is 0 Å². The standard InChI is InChI=1S/C15H21N3O2S/c1-11-8-13(9-16)5-6-15(11)21(19,20)18-7-3-4-14(10-18)12(2)17/h5-6,8,12,14H,3-4,7,10,17H2,1-2H3/t12-,14-/m0/s1. The van der Waals surface area contributed by atoms with E-state index in [2.05, 4.69) is 0 Å². The van der Waals surface area contributed by atoms with Crippen LogP contribution in [0.25, 0.3) is 0 Å². The van der Waals surface area contributed by atoms with Crippen molar-refractivity contribution in [3.8, 4) is 6.07 Å². The van der Waals surface area contributed by atoms with Gasteiger partial charge in [0, 0.05) is 19.1 Å². The third-order valence-corrected chi connectivity index (χ3v) is 6.11. The number of hydrogen-bond acceptors (Lipinski definition) is 4. The van der Waals surface area contributed by atoms with Crippen molar-refractivity contribution >= 4 is 10.0 Å². The molecule has 0 aliphatic carbocycles. The van der Waals surface area contributed by atoms with Gasteiger partial charge in [-0.2, -0.15) is 9.57 Å². The van der Waals surface area contributed by atoms with Crippen molar-refractivity contribution < 1.29 is 8.42 Å². The maximum absolute atomic E-state index is 12.8. The first kappa shape index (κ1) is 16.0. The van der Waals surface area contributed by atoms with Crippen molar-refractivity contribution in [2.45, 2.75) is 37.6 Å². The minimum Gasteiger partial charge on any atom is -0.328 e. The molecule has 2 N–H and O–H groups in total. The Morgan fingerprint density at radius 1 is 1.48 bits per heavy atom.